The van der Waals surface area contributed by atoms with Gasteiger partial charge in [0, 0.05) is 6.20 Å². The Balaban J connectivity index is 2.19. The summed E-state index contributed by atoms with van der Waals surface area (Å²) in [6, 6.07) is 2.45. The first-order valence-corrected chi connectivity index (χ1v) is 6.61. The van der Waals surface area contributed by atoms with Gasteiger partial charge in [-0.25, -0.2) is 9.59 Å². The molecule has 1 aromatic rings. The van der Waals surface area contributed by atoms with Crippen molar-refractivity contribution in [2.24, 2.45) is 0 Å². The van der Waals surface area contributed by atoms with Crippen LogP contribution in [0.15, 0.2) is 18.3 Å². The van der Waals surface area contributed by atoms with Crippen LogP contribution >= 0.6 is 0 Å². The van der Waals surface area contributed by atoms with Gasteiger partial charge in [-0.1, -0.05) is 0 Å². The first-order valence-electron chi connectivity index (χ1n) is 6.61. The van der Waals surface area contributed by atoms with Crippen molar-refractivity contribution in [2.75, 3.05) is 6.54 Å². The van der Waals surface area contributed by atoms with E-state index < -0.39 is 29.2 Å². The Labute approximate surface area is 126 Å². The van der Waals surface area contributed by atoms with Gasteiger partial charge in [0.2, 0.25) is 0 Å². The second-order valence-electron chi connectivity index (χ2n) is 5.78. The molecule has 0 unspecified atom stereocenters. The van der Waals surface area contributed by atoms with Gasteiger partial charge in [0.1, 0.15) is 11.3 Å². The number of rotatable bonds is 3. The third-order valence-corrected chi connectivity index (χ3v) is 2.85. The second kappa shape index (κ2) is 5.58. The Kier molecular flexibility index (Phi) is 3.98. The summed E-state index contributed by atoms with van der Waals surface area (Å²) < 4.78 is 5.11. The van der Waals surface area contributed by atoms with Crippen LogP contribution < -0.4 is 16.0 Å². The van der Waals surface area contributed by atoms with Crippen molar-refractivity contribution in [3.63, 3.8) is 0 Å². The van der Waals surface area contributed by atoms with Crippen LogP contribution in [0.1, 0.15) is 26.5 Å². The van der Waals surface area contributed by atoms with E-state index in [0.29, 0.717) is 0 Å². The van der Waals surface area contributed by atoms with Crippen LogP contribution in [0.3, 0.4) is 0 Å². The van der Waals surface area contributed by atoms with Crippen LogP contribution in [0.2, 0.25) is 0 Å². The number of imide groups is 1. The highest BCUT2D eigenvalue weighted by molar-refractivity contribution is 6.07. The molecule has 9 nitrogen and oxygen atoms in total. The fourth-order valence-electron chi connectivity index (χ4n) is 1.94. The normalized spacial score (nSPS) is 21.0. The average molecular weight is 307 g/mol. The maximum atomic E-state index is 12.2. The predicted octanol–water partition coefficient (Wildman–Crippen LogP) is 0.0360. The maximum Gasteiger partial charge on any atom is 0.407 e. The Morgan fingerprint density at radius 3 is 2.64 bits per heavy atom. The molecule has 1 fully saturated rings. The molecular weight excluding hydrogens is 290 g/mol. The van der Waals surface area contributed by atoms with E-state index in [0.717, 1.165) is 0 Å². The molecule has 118 valence electrons. The minimum atomic E-state index is -1.51. The minimum Gasteiger partial charge on any atom is -0.444 e. The third-order valence-electron chi connectivity index (χ3n) is 2.85. The van der Waals surface area contributed by atoms with Crippen molar-refractivity contribution in [1.29, 1.82) is 0 Å². The molecule has 2 heterocycles. The van der Waals surface area contributed by atoms with Gasteiger partial charge in [-0.15, -0.1) is 0 Å². The van der Waals surface area contributed by atoms with Gasteiger partial charge in [-0.2, -0.15) is 10.2 Å². The van der Waals surface area contributed by atoms with E-state index in [9.17, 15) is 14.4 Å². The number of carbonyl (C=O) groups excluding carboxylic acids is 3. The van der Waals surface area contributed by atoms with Crippen LogP contribution in [0, 0.1) is 0 Å². The lowest BCUT2D eigenvalue weighted by Gasteiger charge is -2.26. The highest BCUT2D eigenvalue weighted by atomic mass is 16.6. The fourth-order valence-corrected chi connectivity index (χ4v) is 1.94. The minimum absolute atomic E-state index is 0.210. The molecule has 9 heteroatoms. The maximum absolute atomic E-state index is 12.2. The molecule has 2 rings (SSSR count). The van der Waals surface area contributed by atoms with Crippen LogP contribution in [0.4, 0.5) is 9.59 Å². The highest BCUT2D eigenvalue weighted by Gasteiger charge is 2.49. The van der Waals surface area contributed by atoms with E-state index in [-0.39, 0.29) is 12.2 Å². The molecule has 1 aliphatic heterocycles. The molecule has 1 aliphatic rings. The lowest BCUT2D eigenvalue weighted by Crippen LogP contribution is -2.53. The largest absolute Gasteiger partial charge is 0.444 e. The van der Waals surface area contributed by atoms with Crippen molar-refractivity contribution in [2.45, 2.75) is 31.9 Å². The van der Waals surface area contributed by atoms with Crippen molar-refractivity contribution in [1.82, 2.24) is 26.1 Å². The highest BCUT2D eigenvalue weighted by Crippen LogP contribution is 2.22. The summed E-state index contributed by atoms with van der Waals surface area (Å²) in [7, 11) is 0. The lowest BCUT2D eigenvalue weighted by molar-refractivity contribution is -0.124. The quantitative estimate of drug-likeness (QED) is 0.677. The van der Waals surface area contributed by atoms with Crippen LogP contribution in [-0.2, 0) is 15.1 Å². The average Bonchev–Trinajstić information content (AvgIpc) is 2.71. The molecule has 1 saturated heterocycles. The Morgan fingerprint density at radius 1 is 1.41 bits per heavy atom. The predicted molar refractivity (Wildman–Crippen MR) is 74.6 cm³/mol. The van der Waals surface area contributed by atoms with Crippen molar-refractivity contribution in [3.8, 4) is 0 Å². The standard InChI is InChI=1S/C13H17N5O4/c1-12(2,3)22-11(21)14-7-13(8-5-4-6-15-18-8)9(19)16-10(20)17-13/h4-6H,7H2,1-3H3,(H,14,21)(H2,16,17,19,20)/t13-/m1/s1. The topological polar surface area (TPSA) is 122 Å². The first-order chi connectivity index (χ1) is 10.2. The second-order valence-corrected chi connectivity index (χ2v) is 5.78. The molecule has 0 radical (unpaired) electrons. The van der Waals surface area contributed by atoms with Gasteiger partial charge in [0.25, 0.3) is 5.91 Å². The Bertz CT molecular complexity index is 598. The summed E-state index contributed by atoms with van der Waals surface area (Å²) in [4.78, 5) is 35.4. The van der Waals surface area contributed by atoms with Crippen LogP contribution in [-0.4, -0.2) is 40.4 Å². The number of carbonyl (C=O) groups is 3. The summed E-state index contributed by atoms with van der Waals surface area (Å²) in [5.41, 5.74) is -1.97. The number of nitrogens with one attached hydrogen (secondary N) is 3. The third kappa shape index (κ3) is 3.30. The van der Waals surface area contributed by atoms with E-state index in [1.165, 1.54) is 12.3 Å². The molecule has 0 aliphatic carbocycles. The molecule has 1 aromatic heterocycles. The SMILES string of the molecule is CC(C)(C)OC(=O)NC[C@]1(c2cccnn2)NC(=O)NC1=O. The summed E-state index contributed by atoms with van der Waals surface area (Å²) >= 11 is 0. The molecule has 0 saturated carbocycles. The van der Waals surface area contributed by atoms with Crippen molar-refractivity contribution in [3.05, 3.63) is 24.0 Å². The first kappa shape index (κ1) is 15.7. The number of ether oxygens (including phenoxy) is 1. The van der Waals surface area contributed by atoms with E-state index in [4.69, 9.17) is 4.74 Å². The number of alkyl carbamates (subject to hydrolysis) is 1. The van der Waals surface area contributed by atoms with Gasteiger partial charge in [-0.3, -0.25) is 10.1 Å². The fraction of sp³-hybridized carbons (Fsp3) is 0.462. The molecule has 0 spiro atoms. The molecular formula is C13H17N5O4. The summed E-state index contributed by atoms with van der Waals surface area (Å²) in [6.07, 6.45) is 0.734. The molecule has 0 bridgehead atoms. The van der Waals surface area contributed by atoms with Gasteiger partial charge < -0.3 is 15.4 Å². The van der Waals surface area contributed by atoms with Crippen LogP contribution in [0.5, 0.6) is 0 Å². The number of hydrogen-bond donors (Lipinski definition) is 3. The number of amides is 4. The van der Waals surface area contributed by atoms with Crippen molar-refractivity contribution < 1.29 is 19.1 Å². The van der Waals surface area contributed by atoms with Crippen LogP contribution in [0.25, 0.3) is 0 Å². The number of urea groups is 1. The van der Waals surface area contributed by atoms with E-state index in [2.05, 4.69) is 26.1 Å². The van der Waals surface area contributed by atoms with E-state index >= 15 is 0 Å². The summed E-state index contributed by atoms with van der Waals surface area (Å²) in [5, 5.41) is 14.6. The summed E-state index contributed by atoms with van der Waals surface area (Å²) in [5.74, 6) is -0.617. The molecule has 1 atom stereocenters. The number of nitrogens with zero attached hydrogens (tertiary/aromatic N) is 2. The van der Waals surface area contributed by atoms with Crippen molar-refractivity contribution >= 4 is 18.0 Å². The monoisotopic (exact) mass is 307 g/mol. The van der Waals surface area contributed by atoms with E-state index in [1.54, 1.807) is 26.8 Å². The smallest absolute Gasteiger partial charge is 0.407 e. The molecule has 0 aromatic carbocycles. The number of aromatic nitrogens is 2. The lowest BCUT2D eigenvalue weighted by atomic mass is 9.95. The zero-order chi connectivity index (χ0) is 16.4. The van der Waals surface area contributed by atoms with Gasteiger partial charge in [0.05, 0.1) is 6.54 Å². The molecule has 3 N–H and O–H groups in total. The summed E-state index contributed by atoms with van der Waals surface area (Å²) in [6.45, 7) is 4.94. The molecule has 4 amide bonds. The van der Waals surface area contributed by atoms with E-state index in [1.807, 2.05) is 0 Å². The zero-order valence-corrected chi connectivity index (χ0v) is 12.5. The zero-order valence-electron chi connectivity index (χ0n) is 12.5. The van der Waals surface area contributed by atoms with Gasteiger partial charge >= 0.3 is 12.1 Å². The van der Waals surface area contributed by atoms with Gasteiger partial charge in [0.15, 0.2) is 5.54 Å². The Hall–Kier alpha value is -2.71. The number of hydrogen-bond acceptors (Lipinski definition) is 6. The molecule has 22 heavy (non-hydrogen) atoms. The van der Waals surface area contributed by atoms with Gasteiger partial charge in [-0.05, 0) is 32.9 Å². The Morgan fingerprint density at radius 2 is 2.14 bits per heavy atom.